The molecule has 1 saturated heterocycles. The van der Waals surface area contributed by atoms with Crippen molar-refractivity contribution in [2.24, 2.45) is 0 Å². The lowest BCUT2D eigenvalue weighted by Crippen LogP contribution is -2.57. The maximum Gasteiger partial charge on any atom is 0.326 e. The molecule has 4 heteroatoms. The normalized spacial score (nSPS) is 30.6. The Hall–Kier alpha value is -1.05. The molecule has 1 aliphatic heterocycles. The number of carbonyl (C=O) groups excluding carboxylic acids is 1. The summed E-state index contributed by atoms with van der Waals surface area (Å²) in [5.41, 5.74) is -0.668. The minimum atomic E-state index is -0.668. The third-order valence-electron chi connectivity index (χ3n) is 2.67. The first-order chi connectivity index (χ1) is 7.14. The Morgan fingerprint density at radius 3 is 3.07 bits per heavy atom. The van der Waals surface area contributed by atoms with E-state index in [4.69, 9.17) is 15.9 Å². The molecule has 2 atom stereocenters. The lowest BCUT2D eigenvalue weighted by Gasteiger charge is -2.37. The summed E-state index contributed by atoms with van der Waals surface area (Å²) in [7, 11) is 1.39. The summed E-state index contributed by atoms with van der Waals surface area (Å²) in [6, 6.07) is 0. The quantitative estimate of drug-likeness (QED) is 0.539. The highest BCUT2D eigenvalue weighted by Crippen LogP contribution is 2.25. The highest BCUT2D eigenvalue weighted by Gasteiger charge is 2.42. The van der Waals surface area contributed by atoms with E-state index in [0.29, 0.717) is 26.0 Å². The van der Waals surface area contributed by atoms with Crippen LogP contribution in [0.25, 0.3) is 0 Å². The highest BCUT2D eigenvalue weighted by molar-refractivity contribution is 5.81. The molecule has 0 bridgehead atoms. The number of hydrogen-bond donors (Lipinski definition) is 1. The molecule has 4 nitrogen and oxygen atoms in total. The van der Waals surface area contributed by atoms with Gasteiger partial charge in [0.15, 0.2) is 0 Å². The molecule has 0 aliphatic carbocycles. The molecule has 1 rings (SSSR count). The zero-order chi connectivity index (χ0) is 11.3. The second-order valence-electron chi connectivity index (χ2n) is 3.77. The topological polar surface area (TPSA) is 47.6 Å². The lowest BCUT2D eigenvalue weighted by molar-refractivity contribution is -0.155. The van der Waals surface area contributed by atoms with E-state index in [-0.39, 0.29) is 12.1 Å². The molecule has 0 radical (unpaired) electrons. The molecule has 1 heterocycles. The molecular formula is C11H17NO3. The fourth-order valence-electron chi connectivity index (χ4n) is 1.92. The number of carbonyl (C=O) groups is 1. The van der Waals surface area contributed by atoms with E-state index >= 15 is 0 Å². The number of nitrogens with one attached hydrogen (secondary N) is 1. The molecule has 0 aromatic carbocycles. The van der Waals surface area contributed by atoms with Crippen LogP contribution in [0.2, 0.25) is 0 Å². The highest BCUT2D eigenvalue weighted by atomic mass is 16.5. The maximum atomic E-state index is 11.7. The molecule has 0 spiro atoms. The first kappa shape index (κ1) is 12.0. The first-order valence-corrected chi connectivity index (χ1v) is 5.03. The molecule has 0 amide bonds. The zero-order valence-corrected chi connectivity index (χ0v) is 9.21. The second kappa shape index (κ2) is 5.15. The number of ether oxygens (including phenoxy) is 2. The third kappa shape index (κ3) is 2.71. The predicted octanol–water partition coefficient (Wildman–Crippen LogP) is 0.320. The van der Waals surface area contributed by atoms with Crippen LogP contribution >= 0.6 is 0 Å². The molecule has 84 valence electrons. The Kier molecular flexibility index (Phi) is 4.13. The van der Waals surface area contributed by atoms with Gasteiger partial charge in [-0.15, -0.1) is 6.42 Å². The van der Waals surface area contributed by atoms with E-state index in [1.54, 1.807) is 0 Å². The average molecular weight is 211 g/mol. The van der Waals surface area contributed by atoms with E-state index in [1.807, 2.05) is 6.92 Å². The zero-order valence-electron chi connectivity index (χ0n) is 9.21. The monoisotopic (exact) mass is 211 g/mol. The first-order valence-electron chi connectivity index (χ1n) is 5.03. The van der Waals surface area contributed by atoms with Gasteiger partial charge in [0.2, 0.25) is 0 Å². The second-order valence-corrected chi connectivity index (χ2v) is 3.77. The van der Waals surface area contributed by atoms with Gasteiger partial charge in [0.1, 0.15) is 5.54 Å². The van der Waals surface area contributed by atoms with E-state index in [2.05, 4.69) is 11.2 Å². The largest absolute Gasteiger partial charge is 0.468 e. The minimum Gasteiger partial charge on any atom is -0.468 e. The van der Waals surface area contributed by atoms with Crippen molar-refractivity contribution in [3.05, 3.63) is 0 Å². The van der Waals surface area contributed by atoms with Gasteiger partial charge in [-0.05, 0) is 13.3 Å². The van der Waals surface area contributed by atoms with Crippen LogP contribution in [0.4, 0.5) is 0 Å². The summed E-state index contributed by atoms with van der Waals surface area (Å²) in [6.45, 7) is 2.85. The van der Waals surface area contributed by atoms with E-state index in [9.17, 15) is 4.79 Å². The molecule has 1 aliphatic rings. The number of hydrogen-bond acceptors (Lipinski definition) is 4. The van der Waals surface area contributed by atoms with Crippen LogP contribution in [0, 0.1) is 12.3 Å². The fourth-order valence-corrected chi connectivity index (χ4v) is 1.92. The summed E-state index contributed by atoms with van der Waals surface area (Å²) < 4.78 is 10.2. The Morgan fingerprint density at radius 1 is 1.80 bits per heavy atom. The van der Waals surface area contributed by atoms with Crippen molar-refractivity contribution in [3.63, 3.8) is 0 Å². The summed E-state index contributed by atoms with van der Waals surface area (Å²) >= 11 is 0. The van der Waals surface area contributed by atoms with Crippen LogP contribution in [-0.4, -0.2) is 37.9 Å². The smallest absolute Gasteiger partial charge is 0.326 e. The third-order valence-corrected chi connectivity index (χ3v) is 2.67. The Morgan fingerprint density at radius 2 is 2.53 bits per heavy atom. The van der Waals surface area contributed by atoms with Gasteiger partial charge in [0, 0.05) is 13.0 Å². The SMILES string of the molecule is C#CCNC1(C(=O)OC)CCOC(C)C1. The molecule has 0 aromatic rings. The fraction of sp³-hybridized carbons (Fsp3) is 0.727. The molecular weight excluding hydrogens is 194 g/mol. The summed E-state index contributed by atoms with van der Waals surface area (Å²) in [6.07, 6.45) is 6.43. The van der Waals surface area contributed by atoms with Crippen molar-refractivity contribution >= 4 is 5.97 Å². The maximum absolute atomic E-state index is 11.7. The number of methoxy groups -OCH3 is 1. The minimum absolute atomic E-state index is 0.0446. The molecule has 2 unspecified atom stereocenters. The van der Waals surface area contributed by atoms with Crippen molar-refractivity contribution in [3.8, 4) is 12.3 Å². The van der Waals surface area contributed by atoms with Gasteiger partial charge in [-0.2, -0.15) is 0 Å². The molecule has 15 heavy (non-hydrogen) atoms. The number of rotatable bonds is 3. The van der Waals surface area contributed by atoms with E-state index in [1.165, 1.54) is 7.11 Å². The van der Waals surface area contributed by atoms with Crippen LogP contribution in [-0.2, 0) is 14.3 Å². The van der Waals surface area contributed by atoms with Crippen LogP contribution in [0.5, 0.6) is 0 Å². The summed E-state index contributed by atoms with van der Waals surface area (Å²) in [4.78, 5) is 11.7. The van der Waals surface area contributed by atoms with Crippen molar-refractivity contribution < 1.29 is 14.3 Å². The van der Waals surface area contributed by atoms with Gasteiger partial charge < -0.3 is 9.47 Å². The Bertz CT molecular complexity index is 271. The summed E-state index contributed by atoms with van der Waals surface area (Å²) in [5, 5.41) is 3.08. The van der Waals surface area contributed by atoms with Crippen LogP contribution in [0.15, 0.2) is 0 Å². The van der Waals surface area contributed by atoms with E-state index in [0.717, 1.165) is 0 Å². The predicted molar refractivity (Wildman–Crippen MR) is 56.2 cm³/mol. The summed E-state index contributed by atoms with van der Waals surface area (Å²) in [5.74, 6) is 2.22. The van der Waals surface area contributed by atoms with Crippen molar-refractivity contribution in [1.29, 1.82) is 0 Å². The van der Waals surface area contributed by atoms with Gasteiger partial charge in [-0.1, -0.05) is 5.92 Å². The molecule has 0 saturated carbocycles. The molecule has 0 aromatic heterocycles. The van der Waals surface area contributed by atoms with Gasteiger partial charge in [-0.25, -0.2) is 0 Å². The number of terminal acetylenes is 1. The van der Waals surface area contributed by atoms with Crippen molar-refractivity contribution in [2.45, 2.75) is 31.4 Å². The van der Waals surface area contributed by atoms with Gasteiger partial charge in [0.05, 0.1) is 19.8 Å². The molecule has 1 fully saturated rings. The lowest BCUT2D eigenvalue weighted by atomic mass is 9.87. The van der Waals surface area contributed by atoms with Crippen molar-refractivity contribution in [1.82, 2.24) is 5.32 Å². The number of esters is 1. The standard InChI is InChI=1S/C11H17NO3/c1-4-6-12-11(10(13)14-3)5-7-15-9(2)8-11/h1,9,12H,5-8H2,2-3H3. The Labute approximate surface area is 90.3 Å². The molecule has 1 N–H and O–H groups in total. The van der Waals surface area contributed by atoms with E-state index < -0.39 is 5.54 Å². The van der Waals surface area contributed by atoms with Crippen LogP contribution in [0.1, 0.15) is 19.8 Å². The van der Waals surface area contributed by atoms with Crippen LogP contribution < -0.4 is 5.32 Å². The van der Waals surface area contributed by atoms with Crippen LogP contribution in [0.3, 0.4) is 0 Å². The van der Waals surface area contributed by atoms with Gasteiger partial charge >= 0.3 is 5.97 Å². The van der Waals surface area contributed by atoms with Crippen molar-refractivity contribution in [2.75, 3.05) is 20.3 Å². The van der Waals surface area contributed by atoms with Gasteiger partial charge in [0.25, 0.3) is 0 Å². The van der Waals surface area contributed by atoms with Gasteiger partial charge in [-0.3, -0.25) is 10.1 Å². The average Bonchev–Trinajstić information content (AvgIpc) is 2.25. The Balaban J connectivity index is 2.75.